The second-order valence-electron chi connectivity index (χ2n) is 5.54. The average Bonchev–Trinajstić information content (AvgIpc) is 2.50. The molecule has 0 aromatic carbocycles. The first kappa shape index (κ1) is 14.2. The number of nitrogens with one attached hydrogen (secondary N) is 1. The second kappa shape index (κ2) is 5.86. The van der Waals surface area contributed by atoms with Gasteiger partial charge in [0.2, 0.25) is 10.0 Å². The van der Waals surface area contributed by atoms with Crippen LogP contribution in [-0.4, -0.2) is 68.2 Å². The molecule has 6 heteroatoms. The van der Waals surface area contributed by atoms with E-state index in [1.165, 1.54) is 0 Å². The van der Waals surface area contributed by atoms with Crippen LogP contribution in [0.2, 0.25) is 0 Å². The first-order valence-electron chi connectivity index (χ1n) is 6.95. The fourth-order valence-corrected chi connectivity index (χ4v) is 4.54. The summed E-state index contributed by atoms with van der Waals surface area (Å²) in [6, 6.07) is 0.776. The van der Waals surface area contributed by atoms with Gasteiger partial charge >= 0.3 is 0 Å². The Morgan fingerprint density at radius 3 is 2.39 bits per heavy atom. The average molecular weight is 275 g/mol. The first-order chi connectivity index (χ1) is 8.50. The van der Waals surface area contributed by atoms with Gasteiger partial charge in [-0.15, -0.1) is 0 Å². The van der Waals surface area contributed by atoms with Crippen molar-refractivity contribution in [2.75, 3.05) is 38.5 Å². The van der Waals surface area contributed by atoms with Crippen LogP contribution in [-0.2, 0) is 10.0 Å². The van der Waals surface area contributed by atoms with Crippen LogP contribution in [0, 0.1) is 0 Å². The zero-order chi connectivity index (χ0) is 13.2. The van der Waals surface area contributed by atoms with E-state index >= 15 is 0 Å². The molecular formula is C12H25N3O2S. The van der Waals surface area contributed by atoms with Crippen LogP contribution in [0.15, 0.2) is 0 Å². The molecule has 106 valence electrons. The maximum absolute atomic E-state index is 12.2. The van der Waals surface area contributed by atoms with Crippen molar-refractivity contribution < 1.29 is 8.42 Å². The maximum atomic E-state index is 12.2. The van der Waals surface area contributed by atoms with E-state index < -0.39 is 10.0 Å². The van der Waals surface area contributed by atoms with Gasteiger partial charge in [0.25, 0.3) is 0 Å². The molecule has 18 heavy (non-hydrogen) atoms. The van der Waals surface area contributed by atoms with Crippen LogP contribution in [0.4, 0.5) is 0 Å². The molecule has 5 nitrogen and oxygen atoms in total. The van der Waals surface area contributed by atoms with E-state index in [1.54, 1.807) is 4.31 Å². The maximum Gasteiger partial charge on any atom is 0.215 e. The Kier molecular flexibility index (Phi) is 4.64. The van der Waals surface area contributed by atoms with E-state index in [2.05, 4.69) is 24.1 Å². The summed E-state index contributed by atoms with van der Waals surface area (Å²) in [6.45, 7) is 8.44. The van der Waals surface area contributed by atoms with E-state index in [9.17, 15) is 8.42 Å². The molecule has 0 aromatic heterocycles. The van der Waals surface area contributed by atoms with Crippen molar-refractivity contribution in [2.24, 2.45) is 0 Å². The topological polar surface area (TPSA) is 52.6 Å². The van der Waals surface area contributed by atoms with Crippen molar-refractivity contribution >= 4 is 10.0 Å². The molecule has 0 aliphatic carbocycles. The quantitative estimate of drug-likeness (QED) is 0.776. The second-order valence-corrected chi connectivity index (χ2v) is 7.58. The van der Waals surface area contributed by atoms with E-state index in [1.807, 2.05) is 0 Å². The number of hydrogen-bond donors (Lipinski definition) is 1. The smallest absolute Gasteiger partial charge is 0.215 e. The van der Waals surface area contributed by atoms with Gasteiger partial charge in [0.1, 0.15) is 0 Å². The lowest BCUT2D eigenvalue weighted by molar-refractivity contribution is 0.133. The molecule has 0 bridgehead atoms. The molecule has 1 N–H and O–H groups in total. The van der Waals surface area contributed by atoms with Gasteiger partial charge in [0, 0.05) is 31.7 Å². The lowest BCUT2D eigenvalue weighted by Crippen LogP contribution is -2.49. The molecule has 0 spiro atoms. The van der Waals surface area contributed by atoms with Crippen LogP contribution in [0.1, 0.15) is 26.7 Å². The normalized spacial score (nSPS) is 28.4. The van der Waals surface area contributed by atoms with E-state index in [-0.39, 0.29) is 11.8 Å². The van der Waals surface area contributed by atoms with E-state index in [0.717, 1.165) is 32.5 Å². The van der Waals surface area contributed by atoms with Gasteiger partial charge in [0.15, 0.2) is 0 Å². The number of nitrogens with zero attached hydrogens (tertiary/aromatic N) is 2. The highest BCUT2D eigenvalue weighted by Gasteiger charge is 2.33. The number of hydrogen-bond acceptors (Lipinski definition) is 4. The molecule has 2 saturated heterocycles. The third-order valence-corrected chi connectivity index (χ3v) is 5.96. The first-order valence-corrected chi connectivity index (χ1v) is 8.56. The standard InChI is InChI=1S/C12H25N3O2S/c1-11(2)14-7-3-12(4-8-14)15-9-5-13-6-10-18(15,16)17/h11-13H,3-10H2,1-2H3. The number of sulfonamides is 1. The molecule has 0 aromatic rings. The Balaban J connectivity index is 1.99. The van der Waals surface area contributed by atoms with Gasteiger partial charge in [-0.05, 0) is 39.8 Å². The summed E-state index contributed by atoms with van der Waals surface area (Å²) in [7, 11) is -3.05. The van der Waals surface area contributed by atoms with Gasteiger partial charge in [-0.25, -0.2) is 8.42 Å². The molecule has 0 saturated carbocycles. The number of rotatable bonds is 2. The minimum Gasteiger partial charge on any atom is -0.314 e. The highest BCUT2D eigenvalue weighted by molar-refractivity contribution is 7.89. The largest absolute Gasteiger partial charge is 0.314 e. The highest BCUT2D eigenvalue weighted by Crippen LogP contribution is 2.21. The van der Waals surface area contributed by atoms with Gasteiger partial charge in [-0.3, -0.25) is 0 Å². The molecule has 2 aliphatic rings. The highest BCUT2D eigenvalue weighted by atomic mass is 32.2. The van der Waals surface area contributed by atoms with Crippen LogP contribution < -0.4 is 5.32 Å². The Morgan fingerprint density at radius 2 is 1.78 bits per heavy atom. The molecule has 0 atom stereocenters. The Morgan fingerprint density at radius 1 is 1.11 bits per heavy atom. The van der Waals surface area contributed by atoms with Crippen LogP contribution in [0.3, 0.4) is 0 Å². The van der Waals surface area contributed by atoms with Gasteiger partial charge in [-0.1, -0.05) is 0 Å². The summed E-state index contributed by atoms with van der Waals surface area (Å²) in [5, 5.41) is 3.17. The van der Waals surface area contributed by atoms with Crippen molar-refractivity contribution in [3.63, 3.8) is 0 Å². The summed E-state index contributed by atoms with van der Waals surface area (Å²) in [6.07, 6.45) is 1.94. The Hall–Kier alpha value is -0.170. The summed E-state index contributed by atoms with van der Waals surface area (Å²) < 4.78 is 26.1. The predicted molar refractivity (Wildman–Crippen MR) is 73.1 cm³/mol. The zero-order valence-corrected chi connectivity index (χ0v) is 12.2. The van der Waals surface area contributed by atoms with Crippen LogP contribution in [0.25, 0.3) is 0 Å². The third kappa shape index (κ3) is 3.23. The molecule has 2 fully saturated rings. The third-order valence-electron chi connectivity index (χ3n) is 4.04. The monoisotopic (exact) mass is 275 g/mol. The SMILES string of the molecule is CC(C)N1CCC(N2CCNCCS2(=O)=O)CC1. The lowest BCUT2D eigenvalue weighted by atomic mass is 10.0. The summed E-state index contributed by atoms with van der Waals surface area (Å²) >= 11 is 0. The van der Waals surface area contributed by atoms with Gasteiger partial charge < -0.3 is 10.2 Å². The molecule has 0 radical (unpaired) electrons. The van der Waals surface area contributed by atoms with Crippen LogP contribution in [0.5, 0.6) is 0 Å². The predicted octanol–water partition coefficient (Wildman–Crippen LogP) is 0.0942. The fraction of sp³-hybridized carbons (Fsp3) is 1.00. The molecular weight excluding hydrogens is 250 g/mol. The number of likely N-dealkylation sites (tertiary alicyclic amines) is 1. The molecule has 2 aliphatic heterocycles. The molecule has 0 amide bonds. The van der Waals surface area contributed by atoms with Crippen molar-refractivity contribution in [2.45, 2.75) is 38.8 Å². The fourth-order valence-electron chi connectivity index (χ4n) is 2.87. The van der Waals surface area contributed by atoms with E-state index in [0.29, 0.717) is 19.1 Å². The molecule has 2 heterocycles. The minimum atomic E-state index is -3.05. The van der Waals surface area contributed by atoms with Gasteiger partial charge in [-0.2, -0.15) is 4.31 Å². The number of piperidine rings is 1. The summed E-state index contributed by atoms with van der Waals surface area (Å²) in [4.78, 5) is 2.43. The van der Waals surface area contributed by atoms with E-state index in [4.69, 9.17) is 0 Å². The summed E-state index contributed by atoms with van der Waals surface area (Å²) in [5.41, 5.74) is 0. The van der Waals surface area contributed by atoms with Crippen molar-refractivity contribution in [3.8, 4) is 0 Å². The molecule has 0 unspecified atom stereocenters. The van der Waals surface area contributed by atoms with Crippen molar-refractivity contribution in [1.29, 1.82) is 0 Å². The van der Waals surface area contributed by atoms with Crippen molar-refractivity contribution in [3.05, 3.63) is 0 Å². The van der Waals surface area contributed by atoms with Crippen molar-refractivity contribution in [1.82, 2.24) is 14.5 Å². The van der Waals surface area contributed by atoms with Crippen LogP contribution >= 0.6 is 0 Å². The van der Waals surface area contributed by atoms with Gasteiger partial charge in [0.05, 0.1) is 5.75 Å². The minimum absolute atomic E-state index is 0.213. The zero-order valence-electron chi connectivity index (χ0n) is 11.4. The molecule has 2 rings (SSSR count). The lowest BCUT2D eigenvalue weighted by Gasteiger charge is -2.38. The summed E-state index contributed by atoms with van der Waals surface area (Å²) in [5.74, 6) is 0.247. The Labute approximate surface area is 111 Å². The Bertz CT molecular complexity index is 362.